The van der Waals surface area contributed by atoms with E-state index in [2.05, 4.69) is 5.32 Å². The highest BCUT2D eigenvalue weighted by atomic mass is 32.2. The van der Waals surface area contributed by atoms with Crippen LogP contribution in [0.3, 0.4) is 0 Å². The van der Waals surface area contributed by atoms with E-state index in [0.717, 1.165) is 36.5 Å². The van der Waals surface area contributed by atoms with Gasteiger partial charge < -0.3 is 5.32 Å². The molecule has 1 unspecified atom stereocenters. The van der Waals surface area contributed by atoms with Gasteiger partial charge in [-0.25, -0.2) is 21.1 Å². The largest absolute Gasteiger partial charge is 0.316 e. The molecule has 0 aromatic carbocycles. The summed E-state index contributed by atoms with van der Waals surface area (Å²) in [6.45, 7) is 1.70. The zero-order chi connectivity index (χ0) is 13.8. The van der Waals surface area contributed by atoms with E-state index in [1.54, 1.807) is 0 Å². The molecule has 1 saturated heterocycles. The Morgan fingerprint density at radius 2 is 1.94 bits per heavy atom. The van der Waals surface area contributed by atoms with Crippen molar-refractivity contribution in [1.29, 1.82) is 0 Å². The Hall–Kier alpha value is -0.180. The van der Waals surface area contributed by atoms with Crippen molar-refractivity contribution in [3.63, 3.8) is 0 Å². The van der Waals surface area contributed by atoms with Gasteiger partial charge in [-0.2, -0.15) is 0 Å². The number of hydrogen-bond acceptors (Lipinski definition) is 5. The molecule has 108 valence electrons. The molecule has 0 radical (unpaired) electrons. The molecule has 0 aromatic heterocycles. The summed E-state index contributed by atoms with van der Waals surface area (Å²) >= 11 is 0. The Balaban J connectivity index is 2.51. The molecule has 6 nitrogen and oxygen atoms in total. The van der Waals surface area contributed by atoms with Crippen LogP contribution < -0.4 is 5.32 Å². The summed E-state index contributed by atoms with van der Waals surface area (Å²) in [5, 5.41) is 3.17. The number of nitrogens with zero attached hydrogens (tertiary/aromatic N) is 1. The minimum Gasteiger partial charge on any atom is -0.316 e. The van der Waals surface area contributed by atoms with Gasteiger partial charge in [0.2, 0.25) is 10.0 Å². The lowest BCUT2D eigenvalue weighted by Crippen LogP contribution is -2.39. The van der Waals surface area contributed by atoms with Crippen LogP contribution >= 0.6 is 0 Å². The maximum Gasteiger partial charge on any atom is 0.214 e. The highest BCUT2D eigenvalue weighted by molar-refractivity contribution is 7.91. The average Bonchev–Trinajstić information content (AvgIpc) is 2.25. The van der Waals surface area contributed by atoms with Crippen molar-refractivity contribution < 1.29 is 16.8 Å². The number of sulfone groups is 1. The van der Waals surface area contributed by atoms with Gasteiger partial charge in [0.05, 0.1) is 11.5 Å². The van der Waals surface area contributed by atoms with E-state index >= 15 is 0 Å². The number of piperidine rings is 1. The molecule has 8 heteroatoms. The molecule has 1 aliphatic rings. The Kier molecular flexibility index (Phi) is 5.57. The number of sulfonamides is 1. The van der Waals surface area contributed by atoms with Crippen LogP contribution in [-0.2, 0) is 19.9 Å². The summed E-state index contributed by atoms with van der Waals surface area (Å²) in [5.74, 6) is 0.0933. The molecule has 1 heterocycles. The van der Waals surface area contributed by atoms with E-state index in [4.69, 9.17) is 0 Å². The van der Waals surface area contributed by atoms with Crippen LogP contribution in [-0.4, -0.2) is 65.6 Å². The molecule has 1 rings (SSSR count). The van der Waals surface area contributed by atoms with Gasteiger partial charge in [-0.3, -0.25) is 0 Å². The molecule has 1 atom stereocenters. The van der Waals surface area contributed by atoms with Crippen LogP contribution in [0.4, 0.5) is 0 Å². The summed E-state index contributed by atoms with van der Waals surface area (Å²) in [6, 6.07) is 0. The predicted octanol–water partition coefficient (Wildman–Crippen LogP) is -0.708. The first-order chi connectivity index (χ1) is 8.21. The van der Waals surface area contributed by atoms with Gasteiger partial charge in [-0.05, 0) is 31.8 Å². The van der Waals surface area contributed by atoms with Crippen molar-refractivity contribution in [1.82, 2.24) is 9.62 Å². The zero-order valence-corrected chi connectivity index (χ0v) is 12.6. The lowest BCUT2D eigenvalue weighted by molar-refractivity contribution is 0.394. The maximum absolute atomic E-state index is 12.0. The van der Waals surface area contributed by atoms with Crippen LogP contribution in [0, 0.1) is 5.92 Å². The summed E-state index contributed by atoms with van der Waals surface area (Å²) < 4.78 is 47.2. The summed E-state index contributed by atoms with van der Waals surface area (Å²) in [7, 11) is -5.04. The van der Waals surface area contributed by atoms with Gasteiger partial charge in [0.15, 0.2) is 0 Å². The Bertz CT molecular complexity index is 452. The second-order valence-corrected chi connectivity index (χ2v) is 9.32. The zero-order valence-electron chi connectivity index (χ0n) is 10.9. The minimum atomic E-state index is -3.35. The lowest BCUT2D eigenvalue weighted by atomic mass is 10.0. The Labute approximate surface area is 110 Å². The van der Waals surface area contributed by atoms with Crippen molar-refractivity contribution in [2.45, 2.75) is 12.8 Å². The Morgan fingerprint density at radius 3 is 2.44 bits per heavy atom. The quantitative estimate of drug-likeness (QED) is 0.700. The van der Waals surface area contributed by atoms with Crippen LogP contribution in [0.25, 0.3) is 0 Å². The molecule has 0 bridgehead atoms. The van der Waals surface area contributed by atoms with E-state index in [-0.39, 0.29) is 24.0 Å². The average molecular weight is 298 g/mol. The number of hydrogen-bond donors (Lipinski definition) is 1. The fourth-order valence-electron chi connectivity index (χ4n) is 1.92. The smallest absolute Gasteiger partial charge is 0.214 e. The summed E-state index contributed by atoms with van der Waals surface area (Å²) in [4.78, 5) is 0. The number of nitrogens with one attached hydrogen (secondary N) is 1. The predicted molar refractivity (Wildman–Crippen MR) is 71.7 cm³/mol. The van der Waals surface area contributed by atoms with Crippen LogP contribution in [0.5, 0.6) is 0 Å². The molecular formula is C10H22N2O4S2. The van der Waals surface area contributed by atoms with Crippen molar-refractivity contribution in [3.8, 4) is 0 Å². The molecular weight excluding hydrogens is 276 g/mol. The van der Waals surface area contributed by atoms with Crippen molar-refractivity contribution in [3.05, 3.63) is 0 Å². The topological polar surface area (TPSA) is 83.6 Å². The third kappa shape index (κ3) is 5.64. The van der Waals surface area contributed by atoms with E-state index in [1.165, 1.54) is 7.05 Å². The van der Waals surface area contributed by atoms with Gasteiger partial charge in [0, 0.05) is 19.8 Å². The van der Waals surface area contributed by atoms with E-state index in [1.807, 2.05) is 0 Å². The highest BCUT2D eigenvalue weighted by Crippen LogP contribution is 2.14. The molecule has 0 spiro atoms. The number of rotatable bonds is 6. The van der Waals surface area contributed by atoms with Crippen LogP contribution in [0.1, 0.15) is 12.8 Å². The molecule has 0 saturated carbocycles. The minimum absolute atomic E-state index is 0.0291. The lowest BCUT2D eigenvalue weighted by Gasteiger charge is -2.25. The molecule has 18 heavy (non-hydrogen) atoms. The van der Waals surface area contributed by atoms with E-state index < -0.39 is 19.9 Å². The van der Waals surface area contributed by atoms with Crippen molar-refractivity contribution in [2.75, 3.05) is 44.4 Å². The first kappa shape index (κ1) is 15.9. The normalized spacial score (nSPS) is 22.3. The Morgan fingerprint density at radius 1 is 1.28 bits per heavy atom. The first-order valence-electron chi connectivity index (χ1n) is 6.03. The molecule has 1 N–H and O–H groups in total. The van der Waals surface area contributed by atoms with Crippen molar-refractivity contribution in [2.24, 2.45) is 5.92 Å². The highest BCUT2D eigenvalue weighted by Gasteiger charge is 2.25. The fraction of sp³-hybridized carbons (Fsp3) is 1.00. The van der Waals surface area contributed by atoms with Gasteiger partial charge in [-0.1, -0.05) is 0 Å². The molecule has 0 amide bonds. The second-order valence-electron chi connectivity index (χ2n) is 4.94. The third-order valence-electron chi connectivity index (χ3n) is 3.10. The van der Waals surface area contributed by atoms with Gasteiger partial charge in [-0.15, -0.1) is 0 Å². The fourth-order valence-corrected chi connectivity index (χ4v) is 4.15. The van der Waals surface area contributed by atoms with E-state index in [9.17, 15) is 16.8 Å². The summed E-state index contributed by atoms with van der Waals surface area (Å²) in [5.41, 5.74) is 0. The molecule has 0 aliphatic carbocycles. The molecule has 1 fully saturated rings. The van der Waals surface area contributed by atoms with Crippen LogP contribution in [0.15, 0.2) is 0 Å². The third-order valence-corrected chi connectivity index (χ3v) is 6.05. The van der Waals surface area contributed by atoms with Gasteiger partial charge in [0.25, 0.3) is 0 Å². The molecule has 0 aromatic rings. The monoisotopic (exact) mass is 298 g/mol. The summed E-state index contributed by atoms with van der Waals surface area (Å²) in [6.07, 6.45) is 3.01. The van der Waals surface area contributed by atoms with Crippen molar-refractivity contribution >= 4 is 19.9 Å². The standard InChI is InChI=1S/C10H22N2O4S2/c1-12(6-7-17(2,13)14)18(15,16)9-10-4-3-5-11-8-10/h10-11H,3-9H2,1-2H3. The first-order valence-corrected chi connectivity index (χ1v) is 9.70. The van der Waals surface area contributed by atoms with Gasteiger partial charge in [0.1, 0.15) is 9.84 Å². The second kappa shape index (κ2) is 6.31. The maximum atomic E-state index is 12.0. The van der Waals surface area contributed by atoms with E-state index in [0.29, 0.717) is 0 Å². The van der Waals surface area contributed by atoms with Gasteiger partial charge >= 0.3 is 0 Å². The molecule has 1 aliphatic heterocycles. The SMILES string of the molecule is CN(CCS(C)(=O)=O)S(=O)(=O)CC1CCCNC1. The van der Waals surface area contributed by atoms with Crippen LogP contribution in [0.2, 0.25) is 0 Å².